The monoisotopic (exact) mass is 403 g/mol. The van der Waals surface area contributed by atoms with Gasteiger partial charge in [0.2, 0.25) is 5.91 Å². The SMILES string of the molecule is COc1ccc(NC(=O)[C@H](C)NC(=O)c2ccoc2)cc1NC(=O)OC(C)(C)C. The van der Waals surface area contributed by atoms with Gasteiger partial charge in [-0.2, -0.15) is 0 Å². The first kappa shape index (κ1) is 21.8. The summed E-state index contributed by atoms with van der Waals surface area (Å²) in [4.78, 5) is 36.5. The molecule has 0 radical (unpaired) electrons. The zero-order valence-electron chi connectivity index (χ0n) is 17.0. The molecule has 0 saturated carbocycles. The van der Waals surface area contributed by atoms with Gasteiger partial charge in [0.1, 0.15) is 23.7 Å². The van der Waals surface area contributed by atoms with Crippen LogP contribution in [0.1, 0.15) is 38.1 Å². The topological polar surface area (TPSA) is 119 Å². The van der Waals surface area contributed by atoms with E-state index in [4.69, 9.17) is 13.9 Å². The van der Waals surface area contributed by atoms with Crippen molar-refractivity contribution in [1.29, 1.82) is 0 Å². The minimum absolute atomic E-state index is 0.318. The van der Waals surface area contributed by atoms with Crippen molar-refractivity contribution in [2.75, 3.05) is 17.7 Å². The van der Waals surface area contributed by atoms with Crippen LogP contribution >= 0.6 is 0 Å². The second-order valence-electron chi connectivity index (χ2n) is 7.24. The zero-order valence-corrected chi connectivity index (χ0v) is 17.0. The summed E-state index contributed by atoms with van der Waals surface area (Å²) in [5.74, 6) is -0.464. The maximum atomic E-state index is 12.4. The molecule has 2 rings (SSSR count). The number of hydrogen-bond acceptors (Lipinski definition) is 6. The van der Waals surface area contributed by atoms with E-state index in [0.717, 1.165) is 0 Å². The molecule has 9 nitrogen and oxygen atoms in total. The van der Waals surface area contributed by atoms with Gasteiger partial charge in [0, 0.05) is 5.69 Å². The molecule has 0 spiro atoms. The Hall–Kier alpha value is -3.49. The average molecular weight is 403 g/mol. The molecule has 0 unspecified atom stereocenters. The van der Waals surface area contributed by atoms with Gasteiger partial charge >= 0.3 is 6.09 Å². The number of nitrogens with one attached hydrogen (secondary N) is 3. The summed E-state index contributed by atoms with van der Waals surface area (Å²) in [5, 5.41) is 7.85. The Kier molecular flexibility index (Phi) is 6.87. The highest BCUT2D eigenvalue weighted by atomic mass is 16.6. The van der Waals surface area contributed by atoms with Gasteiger partial charge in [-0.1, -0.05) is 0 Å². The lowest BCUT2D eigenvalue weighted by Gasteiger charge is -2.20. The maximum Gasteiger partial charge on any atom is 0.412 e. The third kappa shape index (κ3) is 6.56. The largest absolute Gasteiger partial charge is 0.495 e. The molecule has 0 aliphatic rings. The Morgan fingerprint density at radius 1 is 1.10 bits per heavy atom. The molecule has 29 heavy (non-hydrogen) atoms. The van der Waals surface area contributed by atoms with Crippen molar-refractivity contribution in [3.8, 4) is 5.75 Å². The number of anilines is 2. The molecule has 1 atom stereocenters. The van der Waals surface area contributed by atoms with Crippen molar-refractivity contribution in [3.05, 3.63) is 42.4 Å². The molecule has 0 fully saturated rings. The van der Waals surface area contributed by atoms with Gasteiger partial charge in [0.25, 0.3) is 5.91 Å². The summed E-state index contributed by atoms with van der Waals surface area (Å²) in [6, 6.07) is 5.43. The van der Waals surface area contributed by atoms with E-state index in [0.29, 0.717) is 22.7 Å². The number of carbonyl (C=O) groups excluding carboxylic acids is 3. The molecule has 1 aromatic carbocycles. The molecule has 9 heteroatoms. The van der Waals surface area contributed by atoms with Crippen LogP contribution in [-0.2, 0) is 9.53 Å². The second-order valence-corrected chi connectivity index (χ2v) is 7.24. The lowest BCUT2D eigenvalue weighted by molar-refractivity contribution is -0.117. The molecule has 3 amide bonds. The minimum atomic E-state index is -0.804. The Morgan fingerprint density at radius 3 is 2.41 bits per heavy atom. The highest BCUT2D eigenvalue weighted by molar-refractivity contribution is 6.01. The highest BCUT2D eigenvalue weighted by Crippen LogP contribution is 2.28. The van der Waals surface area contributed by atoms with Gasteiger partial charge in [0.15, 0.2) is 0 Å². The molecule has 2 aromatic rings. The van der Waals surface area contributed by atoms with E-state index in [2.05, 4.69) is 16.0 Å². The standard InChI is InChI=1S/C20H25N3O6/c1-12(21-18(25)13-8-9-28-11-13)17(24)22-14-6-7-16(27-5)15(10-14)23-19(26)29-20(2,3)4/h6-12H,1-5H3,(H,21,25)(H,22,24)(H,23,26)/t12-/m0/s1. The summed E-state index contributed by atoms with van der Waals surface area (Å²) in [5.41, 5.74) is 0.394. The van der Waals surface area contributed by atoms with E-state index in [9.17, 15) is 14.4 Å². The number of carbonyl (C=O) groups is 3. The van der Waals surface area contributed by atoms with Crippen LogP contribution in [0.3, 0.4) is 0 Å². The van der Waals surface area contributed by atoms with Crippen molar-refractivity contribution in [3.63, 3.8) is 0 Å². The number of furan rings is 1. The van der Waals surface area contributed by atoms with Crippen molar-refractivity contribution >= 4 is 29.3 Å². The Bertz CT molecular complexity index is 871. The van der Waals surface area contributed by atoms with Gasteiger partial charge in [0.05, 0.1) is 24.6 Å². The highest BCUT2D eigenvalue weighted by Gasteiger charge is 2.20. The fraction of sp³-hybridized carbons (Fsp3) is 0.350. The van der Waals surface area contributed by atoms with Crippen molar-refractivity contribution in [2.45, 2.75) is 39.3 Å². The number of benzene rings is 1. The molecule has 0 saturated heterocycles. The molecule has 0 aliphatic carbocycles. The first-order valence-electron chi connectivity index (χ1n) is 8.91. The molecular formula is C20H25N3O6. The Labute approximate surface area is 168 Å². The van der Waals surface area contributed by atoms with E-state index >= 15 is 0 Å². The van der Waals surface area contributed by atoms with Crippen LogP contribution < -0.4 is 20.7 Å². The van der Waals surface area contributed by atoms with Crippen LogP contribution in [0.5, 0.6) is 5.75 Å². The minimum Gasteiger partial charge on any atom is -0.495 e. The predicted molar refractivity (Wildman–Crippen MR) is 107 cm³/mol. The lowest BCUT2D eigenvalue weighted by atomic mass is 10.2. The zero-order chi connectivity index (χ0) is 21.6. The number of methoxy groups -OCH3 is 1. The summed E-state index contributed by atoms with van der Waals surface area (Å²) in [6.07, 6.45) is 2.01. The van der Waals surface area contributed by atoms with E-state index < -0.39 is 29.6 Å². The number of rotatable bonds is 6. The predicted octanol–water partition coefficient (Wildman–Crippen LogP) is 3.39. The van der Waals surface area contributed by atoms with Crippen LogP contribution in [0.4, 0.5) is 16.2 Å². The molecular weight excluding hydrogens is 378 g/mol. The number of amides is 3. The van der Waals surface area contributed by atoms with E-state index in [1.54, 1.807) is 39.8 Å². The Morgan fingerprint density at radius 2 is 1.83 bits per heavy atom. The summed E-state index contributed by atoms with van der Waals surface area (Å²) >= 11 is 0. The van der Waals surface area contributed by atoms with Crippen LogP contribution in [0.2, 0.25) is 0 Å². The Balaban J connectivity index is 2.05. The third-order valence-electron chi connectivity index (χ3n) is 3.63. The average Bonchev–Trinajstić information content (AvgIpc) is 3.15. The van der Waals surface area contributed by atoms with Crippen molar-refractivity contribution < 1.29 is 28.3 Å². The quantitative estimate of drug-likeness (QED) is 0.680. The smallest absolute Gasteiger partial charge is 0.412 e. The normalized spacial score (nSPS) is 11.9. The molecule has 0 bridgehead atoms. The number of hydrogen-bond donors (Lipinski definition) is 3. The molecule has 1 aromatic heterocycles. The van der Waals surface area contributed by atoms with Crippen molar-refractivity contribution in [1.82, 2.24) is 5.32 Å². The lowest BCUT2D eigenvalue weighted by Crippen LogP contribution is -2.41. The maximum absolute atomic E-state index is 12.4. The van der Waals surface area contributed by atoms with Gasteiger partial charge in [-0.25, -0.2) is 4.79 Å². The third-order valence-corrected chi connectivity index (χ3v) is 3.63. The van der Waals surface area contributed by atoms with Gasteiger partial charge < -0.3 is 24.5 Å². The van der Waals surface area contributed by atoms with Crippen LogP contribution in [-0.4, -0.2) is 36.7 Å². The van der Waals surface area contributed by atoms with E-state index in [-0.39, 0.29) is 0 Å². The van der Waals surface area contributed by atoms with E-state index in [1.165, 1.54) is 31.8 Å². The molecule has 156 valence electrons. The first-order chi connectivity index (χ1) is 13.6. The van der Waals surface area contributed by atoms with Gasteiger partial charge in [-0.3, -0.25) is 14.9 Å². The molecule has 1 heterocycles. The molecule has 0 aliphatic heterocycles. The second kappa shape index (κ2) is 9.13. The van der Waals surface area contributed by atoms with E-state index in [1.807, 2.05) is 0 Å². The van der Waals surface area contributed by atoms with Crippen molar-refractivity contribution in [2.24, 2.45) is 0 Å². The molecule has 3 N–H and O–H groups in total. The number of ether oxygens (including phenoxy) is 2. The van der Waals surface area contributed by atoms with Crippen LogP contribution in [0, 0.1) is 0 Å². The fourth-order valence-corrected chi connectivity index (χ4v) is 2.29. The first-order valence-corrected chi connectivity index (χ1v) is 8.91. The van der Waals surface area contributed by atoms with Crippen LogP contribution in [0.15, 0.2) is 41.2 Å². The van der Waals surface area contributed by atoms with Gasteiger partial charge in [-0.15, -0.1) is 0 Å². The van der Waals surface area contributed by atoms with Crippen LogP contribution in [0.25, 0.3) is 0 Å². The summed E-state index contributed by atoms with van der Waals surface area (Å²) in [6.45, 7) is 6.80. The summed E-state index contributed by atoms with van der Waals surface area (Å²) in [7, 11) is 1.46. The summed E-state index contributed by atoms with van der Waals surface area (Å²) < 4.78 is 15.3. The van der Waals surface area contributed by atoms with Gasteiger partial charge in [-0.05, 0) is 52.0 Å². The fourth-order valence-electron chi connectivity index (χ4n) is 2.29.